The van der Waals surface area contributed by atoms with Crippen LogP contribution in [0.15, 0.2) is 24.3 Å². The van der Waals surface area contributed by atoms with Crippen LogP contribution in [0.25, 0.3) is 0 Å². The molecule has 1 amide bonds. The van der Waals surface area contributed by atoms with Gasteiger partial charge in [0, 0.05) is 6.54 Å². The number of carbonyl (C=O) groups is 2. The SMILES string of the molecule is CCOC(=O)C1(C(=O)NCc2ccc(F)cc2)CC1. The summed E-state index contributed by atoms with van der Waals surface area (Å²) in [6.45, 7) is 2.26. The average molecular weight is 265 g/mol. The van der Waals surface area contributed by atoms with Crippen molar-refractivity contribution in [2.75, 3.05) is 6.61 Å². The zero-order chi connectivity index (χ0) is 13.9. The van der Waals surface area contributed by atoms with Crippen LogP contribution in [0.3, 0.4) is 0 Å². The first kappa shape index (κ1) is 13.5. The number of halogens is 1. The van der Waals surface area contributed by atoms with Crippen LogP contribution in [-0.2, 0) is 20.9 Å². The van der Waals surface area contributed by atoms with E-state index in [0.29, 0.717) is 12.8 Å². The number of esters is 1. The lowest BCUT2D eigenvalue weighted by Gasteiger charge is -2.13. The van der Waals surface area contributed by atoms with Crippen molar-refractivity contribution >= 4 is 11.9 Å². The fourth-order valence-corrected chi connectivity index (χ4v) is 1.87. The first-order valence-electron chi connectivity index (χ1n) is 6.28. The van der Waals surface area contributed by atoms with E-state index in [1.54, 1.807) is 19.1 Å². The van der Waals surface area contributed by atoms with E-state index < -0.39 is 11.4 Å². The second kappa shape index (κ2) is 5.38. The molecule has 0 spiro atoms. The maximum Gasteiger partial charge on any atom is 0.321 e. The molecule has 0 radical (unpaired) electrons. The Balaban J connectivity index is 1.91. The number of rotatable bonds is 5. The maximum absolute atomic E-state index is 12.7. The second-order valence-corrected chi connectivity index (χ2v) is 4.61. The topological polar surface area (TPSA) is 55.4 Å². The van der Waals surface area contributed by atoms with Gasteiger partial charge in [0.1, 0.15) is 11.2 Å². The number of benzene rings is 1. The Labute approximate surface area is 110 Å². The van der Waals surface area contributed by atoms with E-state index in [4.69, 9.17) is 4.74 Å². The molecule has 4 nitrogen and oxygen atoms in total. The Hall–Kier alpha value is -1.91. The lowest BCUT2D eigenvalue weighted by atomic mass is 10.1. The molecular weight excluding hydrogens is 249 g/mol. The highest BCUT2D eigenvalue weighted by Gasteiger charge is 2.57. The minimum absolute atomic E-state index is 0.270. The normalized spacial score (nSPS) is 15.7. The molecule has 102 valence electrons. The summed E-state index contributed by atoms with van der Waals surface area (Å²) < 4.78 is 17.6. The smallest absolute Gasteiger partial charge is 0.321 e. The van der Waals surface area contributed by atoms with Gasteiger partial charge in [0.25, 0.3) is 0 Å². The van der Waals surface area contributed by atoms with Crippen molar-refractivity contribution in [2.45, 2.75) is 26.3 Å². The van der Waals surface area contributed by atoms with Gasteiger partial charge in [-0.1, -0.05) is 12.1 Å². The van der Waals surface area contributed by atoms with Crippen molar-refractivity contribution in [2.24, 2.45) is 5.41 Å². The molecule has 1 aromatic carbocycles. The van der Waals surface area contributed by atoms with Gasteiger partial charge in [0.15, 0.2) is 0 Å². The number of hydrogen-bond acceptors (Lipinski definition) is 3. The highest BCUT2D eigenvalue weighted by molar-refractivity contribution is 6.05. The molecular formula is C14H16FNO3. The molecule has 1 fully saturated rings. The molecule has 1 saturated carbocycles. The minimum Gasteiger partial charge on any atom is -0.465 e. The molecule has 1 N–H and O–H groups in total. The third-order valence-corrected chi connectivity index (χ3v) is 3.22. The summed E-state index contributed by atoms with van der Waals surface area (Å²) in [7, 11) is 0. The maximum atomic E-state index is 12.7. The standard InChI is InChI=1S/C14H16FNO3/c1-2-19-13(18)14(7-8-14)12(17)16-9-10-3-5-11(15)6-4-10/h3-6H,2,7-9H2,1H3,(H,16,17). The van der Waals surface area contributed by atoms with Gasteiger partial charge in [0.2, 0.25) is 5.91 Å². The quantitative estimate of drug-likeness (QED) is 0.652. The van der Waals surface area contributed by atoms with E-state index in [2.05, 4.69) is 5.32 Å². The molecule has 0 aliphatic heterocycles. The van der Waals surface area contributed by atoms with Gasteiger partial charge >= 0.3 is 5.97 Å². The summed E-state index contributed by atoms with van der Waals surface area (Å²) in [5.74, 6) is -1.08. The van der Waals surface area contributed by atoms with Crippen LogP contribution in [0.5, 0.6) is 0 Å². The van der Waals surface area contributed by atoms with Crippen molar-refractivity contribution in [1.82, 2.24) is 5.32 Å². The summed E-state index contributed by atoms with van der Waals surface area (Å²) in [6.07, 6.45) is 1.06. The number of hydrogen-bond donors (Lipinski definition) is 1. The van der Waals surface area contributed by atoms with Crippen molar-refractivity contribution in [3.63, 3.8) is 0 Å². The number of amides is 1. The van der Waals surface area contributed by atoms with Crippen LogP contribution in [0.1, 0.15) is 25.3 Å². The van der Waals surface area contributed by atoms with Crippen LogP contribution in [0.2, 0.25) is 0 Å². The van der Waals surface area contributed by atoms with Crippen molar-refractivity contribution in [1.29, 1.82) is 0 Å². The summed E-state index contributed by atoms with van der Waals surface area (Å²) in [5.41, 5.74) is -0.204. The molecule has 0 heterocycles. The number of ether oxygens (including phenoxy) is 1. The van der Waals surface area contributed by atoms with Gasteiger partial charge < -0.3 is 10.1 Å². The highest BCUT2D eigenvalue weighted by atomic mass is 19.1. The highest BCUT2D eigenvalue weighted by Crippen LogP contribution is 2.47. The van der Waals surface area contributed by atoms with E-state index in [-0.39, 0.29) is 24.9 Å². The van der Waals surface area contributed by atoms with Gasteiger partial charge in [-0.15, -0.1) is 0 Å². The van der Waals surface area contributed by atoms with Crippen molar-refractivity contribution < 1.29 is 18.7 Å². The fraction of sp³-hybridized carbons (Fsp3) is 0.429. The van der Waals surface area contributed by atoms with Gasteiger partial charge in [-0.05, 0) is 37.5 Å². The van der Waals surface area contributed by atoms with Gasteiger partial charge in [-0.3, -0.25) is 9.59 Å². The predicted molar refractivity (Wildman–Crippen MR) is 66.5 cm³/mol. The van der Waals surface area contributed by atoms with E-state index in [1.807, 2.05) is 0 Å². The molecule has 1 aromatic rings. The third kappa shape index (κ3) is 2.92. The molecule has 0 unspecified atom stereocenters. The summed E-state index contributed by atoms with van der Waals surface area (Å²) in [4.78, 5) is 23.7. The van der Waals surface area contributed by atoms with Crippen LogP contribution in [0, 0.1) is 11.2 Å². The van der Waals surface area contributed by atoms with Crippen LogP contribution < -0.4 is 5.32 Å². The second-order valence-electron chi connectivity index (χ2n) is 4.61. The molecule has 0 saturated heterocycles. The molecule has 0 aromatic heterocycles. The lowest BCUT2D eigenvalue weighted by Crippen LogP contribution is -2.37. The summed E-state index contributed by atoms with van der Waals surface area (Å²) in [6, 6.07) is 5.86. The van der Waals surface area contributed by atoms with E-state index in [1.165, 1.54) is 12.1 Å². The lowest BCUT2D eigenvalue weighted by molar-refractivity contribution is -0.154. The summed E-state index contributed by atoms with van der Waals surface area (Å²) >= 11 is 0. The Kier molecular flexibility index (Phi) is 3.83. The average Bonchev–Trinajstić information content (AvgIpc) is 3.19. The number of nitrogens with one attached hydrogen (secondary N) is 1. The van der Waals surface area contributed by atoms with E-state index in [9.17, 15) is 14.0 Å². The summed E-state index contributed by atoms with van der Waals surface area (Å²) in [5, 5.41) is 2.70. The van der Waals surface area contributed by atoms with Gasteiger partial charge in [0.05, 0.1) is 6.61 Å². The van der Waals surface area contributed by atoms with E-state index in [0.717, 1.165) is 5.56 Å². The first-order valence-corrected chi connectivity index (χ1v) is 6.28. The van der Waals surface area contributed by atoms with Gasteiger partial charge in [-0.2, -0.15) is 0 Å². The molecule has 5 heteroatoms. The van der Waals surface area contributed by atoms with Crippen LogP contribution >= 0.6 is 0 Å². The third-order valence-electron chi connectivity index (χ3n) is 3.22. The van der Waals surface area contributed by atoms with Crippen molar-refractivity contribution in [3.05, 3.63) is 35.6 Å². The van der Waals surface area contributed by atoms with Gasteiger partial charge in [-0.25, -0.2) is 4.39 Å². The van der Waals surface area contributed by atoms with E-state index >= 15 is 0 Å². The number of carbonyl (C=O) groups excluding carboxylic acids is 2. The molecule has 19 heavy (non-hydrogen) atoms. The zero-order valence-electron chi connectivity index (χ0n) is 10.7. The largest absolute Gasteiger partial charge is 0.465 e. The Bertz CT molecular complexity index is 480. The Morgan fingerprint density at radius 3 is 2.47 bits per heavy atom. The first-order chi connectivity index (χ1) is 9.08. The molecule has 1 aliphatic rings. The molecule has 1 aliphatic carbocycles. The molecule has 0 bridgehead atoms. The van der Waals surface area contributed by atoms with Crippen LogP contribution in [-0.4, -0.2) is 18.5 Å². The predicted octanol–water partition coefficient (Wildman–Crippen LogP) is 1.79. The zero-order valence-corrected chi connectivity index (χ0v) is 10.7. The molecule has 2 rings (SSSR count). The van der Waals surface area contributed by atoms with Crippen molar-refractivity contribution in [3.8, 4) is 0 Å². The Morgan fingerprint density at radius 1 is 1.32 bits per heavy atom. The Morgan fingerprint density at radius 2 is 1.95 bits per heavy atom. The fourth-order valence-electron chi connectivity index (χ4n) is 1.87. The minimum atomic E-state index is -0.990. The molecule has 0 atom stereocenters. The van der Waals surface area contributed by atoms with Crippen LogP contribution in [0.4, 0.5) is 4.39 Å². The monoisotopic (exact) mass is 265 g/mol.